The minimum atomic E-state index is -0.932. The Labute approximate surface area is 96.7 Å². The third-order valence-electron chi connectivity index (χ3n) is 2.70. The monoisotopic (exact) mass is 226 g/mol. The van der Waals surface area contributed by atoms with Gasteiger partial charge in [0.2, 0.25) is 0 Å². The van der Waals surface area contributed by atoms with E-state index in [0.29, 0.717) is 17.9 Å². The van der Waals surface area contributed by atoms with Crippen LogP contribution in [0.4, 0.5) is 8.78 Å². The van der Waals surface area contributed by atoms with Crippen LogP contribution in [0.5, 0.6) is 0 Å². The Morgan fingerprint density at radius 1 is 1.19 bits per heavy atom. The fourth-order valence-electron chi connectivity index (χ4n) is 1.71. The van der Waals surface area contributed by atoms with E-state index >= 15 is 0 Å². The van der Waals surface area contributed by atoms with E-state index in [1.165, 1.54) is 6.07 Å². The van der Waals surface area contributed by atoms with Crippen LogP contribution in [-0.2, 0) is 6.42 Å². The molecule has 90 valence electrons. The third-order valence-corrected chi connectivity index (χ3v) is 2.70. The van der Waals surface area contributed by atoms with Crippen LogP contribution in [0.2, 0.25) is 0 Å². The van der Waals surface area contributed by atoms with Gasteiger partial charge in [0.1, 0.15) is 12.0 Å². The number of aryl methyl sites for hydroxylation is 1. The lowest BCUT2D eigenvalue weighted by atomic mass is 9.99. The molecule has 1 aromatic carbocycles. The zero-order valence-electron chi connectivity index (χ0n) is 10.3. The summed E-state index contributed by atoms with van der Waals surface area (Å²) in [6.45, 7) is 6.03. The van der Waals surface area contributed by atoms with E-state index in [1.54, 1.807) is 12.1 Å². The molecule has 16 heavy (non-hydrogen) atoms. The van der Waals surface area contributed by atoms with Crippen LogP contribution in [0.3, 0.4) is 0 Å². The highest BCUT2D eigenvalue weighted by Crippen LogP contribution is 2.17. The fourth-order valence-corrected chi connectivity index (χ4v) is 1.71. The van der Waals surface area contributed by atoms with Gasteiger partial charge in [-0.3, -0.25) is 0 Å². The van der Waals surface area contributed by atoms with Crippen molar-refractivity contribution in [1.29, 1.82) is 0 Å². The molecule has 1 atom stereocenters. The zero-order chi connectivity index (χ0) is 12.1. The van der Waals surface area contributed by atoms with Crippen LogP contribution in [0.1, 0.15) is 37.8 Å². The van der Waals surface area contributed by atoms with Crippen molar-refractivity contribution >= 4 is 0 Å². The molecule has 2 heteroatoms. The number of hydrogen-bond donors (Lipinski definition) is 0. The molecule has 0 nitrogen and oxygen atoms in total. The highest BCUT2D eigenvalue weighted by molar-refractivity contribution is 5.24. The van der Waals surface area contributed by atoms with Crippen molar-refractivity contribution in [2.75, 3.05) is 0 Å². The van der Waals surface area contributed by atoms with Crippen LogP contribution in [0, 0.1) is 18.7 Å². The summed E-state index contributed by atoms with van der Waals surface area (Å²) in [6, 6.07) is 4.86. The Bertz CT molecular complexity index is 332. The molecule has 0 heterocycles. The van der Waals surface area contributed by atoms with Crippen molar-refractivity contribution in [3.05, 3.63) is 35.1 Å². The lowest BCUT2D eigenvalue weighted by Gasteiger charge is -2.11. The molecule has 0 aromatic heterocycles. The van der Waals surface area contributed by atoms with Gasteiger partial charge in [-0.15, -0.1) is 0 Å². The van der Waals surface area contributed by atoms with Crippen LogP contribution >= 0.6 is 0 Å². The van der Waals surface area contributed by atoms with Crippen LogP contribution < -0.4 is 0 Å². The largest absolute Gasteiger partial charge is 0.247 e. The minimum absolute atomic E-state index is 0.195. The first-order chi connectivity index (χ1) is 7.49. The molecule has 1 rings (SSSR count). The molecular formula is C14H20F2. The van der Waals surface area contributed by atoms with Crippen LogP contribution in [-0.4, -0.2) is 6.17 Å². The summed E-state index contributed by atoms with van der Waals surface area (Å²) in [5, 5.41) is 0. The Hall–Kier alpha value is -0.920. The maximum Gasteiger partial charge on any atom is 0.126 e. The van der Waals surface area contributed by atoms with Crippen molar-refractivity contribution in [1.82, 2.24) is 0 Å². The molecule has 0 N–H and O–H groups in total. The molecule has 0 spiro atoms. The average molecular weight is 226 g/mol. The molecule has 0 bridgehead atoms. The Morgan fingerprint density at radius 3 is 2.50 bits per heavy atom. The number of alkyl halides is 1. The highest BCUT2D eigenvalue weighted by atomic mass is 19.1. The van der Waals surface area contributed by atoms with Crippen molar-refractivity contribution in [3.63, 3.8) is 0 Å². The maximum absolute atomic E-state index is 13.6. The molecule has 1 unspecified atom stereocenters. The summed E-state index contributed by atoms with van der Waals surface area (Å²) in [7, 11) is 0. The highest BCUT2D eigenvalue weighted by Gasteiger charge is 2.12. The summed E-state index contributed by atoms with van der Waals surface area (Å²) in [5.74, 6) is 0.207. The first-order valence-electron chi connectivity index (χ1n) is 5.88. The molecule has 1 aromatic rings. The number of hydrogen-bond acceptors (Lipinski definition) is 0. The third kappa shape index (κ3) is 4.30. The Morgan fingerprint density at radius 2 is 1.88 bits per heavy atom. The van der Waals surface area contributed by atoms with E-state index in [-0.39, 0.29) is 12.2 Å². The zero-order valence-corrected chi connectivity index (χ0v) is 10.3. The second kappa shape index (κ2) is 5.97. The smallest absolute Gasteiger partial charge is 0.126 e. The maximum atomic E-state index is 13.6. The van der Waals surface area contributed by atoms with Crippen molar-refractivity contribution in [2.24, 2.45) is 5.92 Å². The molecule has 0 amide bonds. The van der Waals surface area contributed by atoms with Gasteiger partial charge in [0.15, 0.2) is 0 Å². The van der Waals surface area contributed by atoms with Gasteiger partial charge in [0.05, 0.1) is 0 Å². The number of benzene rings is 1. The Balaban J connectivity index is 2.55. The molecule has 0 saturated heterocycles. The molecule has 0 aliphatic heterocycles. The van der Waals surface area contributed by atoms with Gasteiger partial charge in [-0.1, -0.05) is 31.5 Å². The van der Waals surface area contributed by atoms with Gasteiger partial charge >= 0.3 is 0 Å². The van der Waals surface area contributed by atoms with Crippen LogP contribution in [0.15, 0.2) is 18.2 Å². The van der Waals surface area contributed by atoms with E-state index in [2.05, 4.69) is 13.8 Å². The summed E-state index contributed by atoms with van der Waals surface area (Å²) in [6.07, 6.45) is 0.638. The summed E-state index contributed by atoms with van der Waals surface area (Å²) in [4.78, 5) is 0. The molecular weight excluding hydrogens is 206 g/mol. The predicted octanol–water partition coefficient (Wildman–Crippen LogP) is 4.45. The van der Waals surface area contributed by atoms with Crippen LogP contribution in [0.25, 0.3) is 0 Å². The Kier molecular flexibility index (Phi) is 4.91. The minimum Gasteiger partial charge on any atom is -0.247 e. The molecule has 0 aliphatic rings. The van der Waals surface area contributed by atoms with Gasteiger partial charge in [-0.05, 0) is 37.3 Å². The van der Waals surface area contributed by atoms with Crippen molar-refractivity contribution < 1.29 is 8.78 Å². The van der Waals surface area contributed by atoms with Gasteiger partial charge in [-0.25, -0.2) is 8.78 Å². The van der Waals surface area contributed by atoms with E-state index in [9.17, 15) is 8.78 Å². The molecule has 0 saturated carbocycles. The SMILES string of the molecule is Cc1ccc(F)c(CC(F)CCC(C)C)c1. The first-order valence-corrected chi connectivity index (χ1v) is 5.88. The summed E-state index contributed by atoms with van der Waals surface area (Å²) < 4.78 is 27.0. The summed E-state index contributed by atoms with van der Waals surface area (Å²) >= 11 is 0. The molecule has 0 radical (unpaired) electrons. The normalized spacial score (nSPS) is 13.1. The van der Waals surface area contributed by atoms with E-state index in [4.69, 9.17) is 0 Å². The van der Waals surface area contributed by atoms with E-state index in [0.717, 1.165) is 12.0 Å². The van der Waals surface area contributed by atoms with Crippen molar-refractivity contribution in [3.8, 4) is 0 Å². The van der Waals surface area contributed by atoms with Gasteiger partial charge in [0, 0.05) is 6.42 Å². The fraction of sp³-hybridized carbons (Fsp3) is 0.571. The van der Waals surface area contributed by atoms with Crippen molar-refractivity contribution in [2.45, 2.75) is 46.2 Å². The molecule has 0 fully saturated rings. The second-order valence-electron chi connectivity index (χ2n) is 4.87. The lowest BCUT2D eigenvalue weighted by molar-refractivity contribution is 0.290. The van der Waals surface area contributed by atoms with Gasteiger partial charge < -0.3 is 0 Å². The number of halogens is 2. The second-order valence-corrected chi connectivity index (χ2v) is 4.87. The topological polar surface area (TPSA) is 0 Å². The quantitative estimate of drug-likeness (QED) is 0.695. The predicted molar refractivity (Wildman–Crippen MR) is 63.8 cm³/mol. The van der Waals surface area contributed by atoms with Gasteiger partial charge in [0.25, 0.3) is 0 Å². The van der Waals surface area contributed by atoms with E-state index in [1.807, 2.05) is 6.92 Å². The molecule has 0 aliphatic carbocycles. The van der Waals surface area contributed by atoms with E-state index < -0.39 is 6.17 Å². The first kappa shape index (κ1) is 13.1. The average Bonchev–Trinajstić information content (AvgIpc) is 2.20. The number of rotatable bonds is 5. The lowest BCUT2D eigenvalue weighted by Crippen LogP contribution is -2.08. The standard InChI is InChI=1S/C14H20F2/c1-10(2)4-6-13(15)9-12-8-11(3)5-7-14(12)16/h5,7-8,10,13H,4,6,9H2,1-3H3. The van der Waals surface area contributed by atoms with Gasteiger partial charge in [-0.2, -0.15) is 0 Å². The summed E-state index contributed by atoms with van der Waals surface area (Å²) in [5.41, 5.74) is 1.48.